The first-order valence-corrected chi connectivity index (χ1v) is 7.11. The summed E-state index contributed by atoms with van der Waals surface area (Å²) in [5, 5.41) is 13.2. The molecule has 8 heteroatoms. The highest BCUT2D eigenvalue weighted by Gasteiger charge is 2.16. The molecule has 2 aromatic rings. The molecule has 0 aliphatic heterocycles. The minimum Gasteiger partial charge on any atom is -0.444 e. The summed E-state index contributed by atoms with van der Waals surface area (Å²) in [4.78, 5) is 25.7. The maximum atomic E-state index is 11.7. The normalized spacial score (nSPS) is 10.8. The van der Waals surface area contributed by atoms with Crippen molar-refractivity contribution in [1.29, 1.82) is 0 Å². The van der Waals surface area contributed by atoms with Crippen LogP contribution in [0, 0.1) is 10.1 Å². The van der Waals surface area contributed by atoms with Gasteiger partial charge in [-0.15, -0.1) is 0 Å². The van der Waals surface area contributed by atoms with Gasteiger partial charge in [-0.05, 0) is 32.9 Å². The van der Waals surface area contributed by atoms with Crippen LogP contribution >= 0.6 is 0 Å². The summed E-state index contributed by atoms with van der Waals surface area (Å²) in [6, 6.07) is 9.32. The molecule has 0 atom stereocenters. The Morgan fingerprint density at radius 3 is 2.58 bits per heavy atom. The molecule has 0 saturated carbocycles. The van der Waals surface area contributed by atoms with Gasteiger partial charge in [0, 0.05) is 23.9 Å². The predicted molar refractivity (Wildman–Crippen MR) is 87.3 cm³/mol. The molecule has 1 amide bonds. The van der Waals surface area contributed by atoms with E-state index >= 15 is 0 Å². The van der Waals surface area contributed by atoms with Gasteiger partial charge in [-0.25, -0.2) is 9.78 Å². The van der Waals surface area contributed by atoms with E-state index in [1.807, 2.05) is 0 Å². The highest BCUT2D eigenvalue weighted by Crippen LogP contribution is 2.24. The molecule has 1 N–H and O–H groups in total. The number of aromatic nitrogens is 1. The number of carbonyl (C=O) groups excluding carboxylic acids is 1. The molecule has 0 unspecified atom stereocenters. The van der Waals surface area contributed by atoms with Crippen LogP contribution in [0.25, 0.3) is 0 Å². The quantitative estimate of drug-likeness (QED) is 0.667. The summed E-state index contributed by atoms with van der Waals surface area (Å²) in [5.41, 5.74) is -0.229. The van der Waals surface area contributed by atoms with Crippen LogP contribution in [-0.2, 0) is 4.74 Å². The molecule has 0 aliphatic rings. The Morgan fingerprint density at radius 1 is 1.25 bits per heavy atom. The van der Waals surface area contributed by atoms with Gasteiger partial charge in [0.15, 0.2) is 0 Å². The average Bonchev–Trinajstić information content (AvgIpc) is 2.46. The molecule has 8 nitrogen and oxygen atoms in total. The number of nitrogens with one attached hydrogen (secondary N) is 1. The van der Waals surface area contributed by atoms with E-state index in [1.54, 1.807) is 45.0 Å². The van der Waals surface area contributed by atoms with Crippen molar-refractivity contribution in [3.63, 3.8) is 0 Å². The Morgan fingerprint density at radius 2 is 2.00 bits per heavy atom. The summed E-state index contributed by atoms with van der Waals surface area (Å²) < 4.78 is 10.7. The number of ether oxygens (including phenoxy) is 2. The molecule has 0 aliphatic carbocycles. The van der Waals surface area contributed by atoms with Crippen LogP contribution in [0.5, 0.6) is 11.6 Å². The summed E-state index contributed by atoms with van der Waals surface area (Å²) >= 11 is 0. The first-order chi connectivity index (χ1) is 11.2. The lowest BCUT2D eigenvalue weighted by molar-refractivity contribution is -0.385. The van der Waals surface area contributed by atoms with Crippen LogP contribution in [-0.4, -0.2) is 21.6 Å². The number of rotatable bonds is 4. The van der Waals surface area contributed by atoms with Gasteiger partial charge >= 0.3 is 6.09 Å². The van der Waals surface area contributed by atoms with Gasteiger partial charge in [-0.1, -0.05) is 6.07 Å². The number of amides is 1. The highest BCUT2D eigenvalue weighted by atomic mass is 16.6. The number of hydrogen-bond donors (Lipinski definition) is 1. The zero-order valence-electron chi connectivity index (χ0n) is 13.5. The van der Waals surface area contributed by atoms with E-state index in [-0.39, 0.29) is 11.6 Å². The monoisotopic (exact) mass is 331 g/mol. The largest absolute Gasteiger partial charge is 0.444 e. The van der Waals surface area contributed by atoms with Crippen molar-refractivity contribution >= 4 is 17.5 Å². The Balaban J connectivity index is 2.04. The third kappa shape index (κ3) is 5.24. The molecule has 0 spiro atoms. The highest BCUT2D eigenvalue weighted by molar-refractivity contribution is 5.85. The molecule has 0 bridgehead atoms. The predicted octanol–water partition coefficient (Wildman–Crippen LogP) is 4.13. The van der Waals surface area contributed by atoms with Crippen LogP contribution in [0.3, 0.4) is 0 Å². The van der Waals surface area contributed by atoms with E-state index in [9.17, 15) is 14.9 Å². The minimum absolute atomic E-state index is 0.123. The fourth-order valence-corrected chi connectivity index (χ4v) is 1.72. The first-order valence-electron chi connectivity index (χ1n) is 7.11. The van der Waals surface area contributed by atoms with E-state index < -0.39 is 16.6 Å². The summed E-state index contributed by atoms with van der Waals surface area (Å²) in [6.07, 6.45) is 0.533. The molecule has 2 rings (SSSR count). The average molecular weight is 331 g/mol. The van der Waals surface area contributed by atoms with Crippen molar-refractivity contribution in [2.45, 2.75) is 26.4 Å². The Hall–Kier alpha value is -3.16. The molecular formula is C16H17N3O5. The van der Waals surface area contributed by atoms with Gasteiger partial charge < -0.3 is 9.47 Å². The molecule has 126 valence electrons. The van der Waals surface area contributed by atoms with Crippen LogP contribution in [0.2, 0.25) is 0 Å². The molecule has 0 saturated heterocycles. The zero-order valence-corrected chi connectivity index (χ0v) is 13.5. The maximum Gasteiger partial charge on any atom is 0.412 e. The van der Waals surface area contributed by atoms with Crippen molar-refractivity contribution < 1.29 is 19.2 Å². The molecule has 1 aromatic heterocycles. The number of nitrogens with zero attached hydrogens (tertiary/aromatic N) is 2. The van der Waals surface area contributed by atoms with Crippen molar-refractivity contribution in [1.82, 2.24) is 4.98 Å². The standard InChI is InChI=1S/C16H17N3O5/c1-16(2,3)24-15(20)18-11-5-4-6-13(9-11)23-14-8-7-12(10-17-14)19(21)22/h4-10H,1-3H3,(H,18,20). The molecule has 24 heavy (non-hydrogen) atoms. The number of pyridine rings is 1. The lowest BCUT2D eigenvalue weighted by Gasteiger charge is -2.19. The van der Waals surface area contributed by atoms with Crippen LogP contribution < -0.4 is 10.1 Å². The van der Waals surface area contributed by atoms with E-state index in [0.717, 1.165) is 6.20 Å². The Bertz CT molecular complexity index is 738. The Labute approximate surface area is 138 Å². The number of anilines is 1. The lowest BCUT2D eigenvalue weighted by Crippen LogP contribution is -2.27. The van der Waals surface area contributed by atoms with E-state index in [4.69, 9.17) is 9.47 Å². The van der Waals surface area contributed by atoms with Gasteiger partial charge in [0.2, 0.25) is 5.88 Å². The molecular weight excluding hydrogens is 314 g/mol. The molecule has 1 aromatic carbocycles. The fraction of sp³-hybridized carbons (Fsp3) is 0.250. The van der Waals surface area contributed by atoms with E-state index in [0.29, 0.717) is 11.4 Å². The van der Waals surface area contributed by atoms with Crippen LogP contribution in [0.4, 0.5) is 16.2 Å². The minimum atomic E-state index is -0.596. The first kappa shape index (κ1) is 17.2. The number of nitro groups is 1. The SMILES string of the molecule is CC(C)(C)OC(=O)Nc1cccc(Oc2ccc([N+](=O)[O-])cn2)c1. The fourth-order valence-electron chi connectivity index (χ4n) is 1.72. The van der Waals surface area contributed by atoms with Gasteiger partial charge in [-0.3, -0.25) is 15.4 Å². The molecule has 1 heterocycles. The maximum absolute atomic E-state index is 11.7. The smallest absolute Gasteiger partial charge is 0.412 e. The summed E-state index contributed by atoms with van der Waals surface area (Å²) in [6.45, 7) is 5.31. The second kappa shape index (κ2) is 6.95. The zero-order chi connectivity index (χ0) is 17.7. The van der Waals surface area contributed by atoms with Crippen molar-refractivity contribution in [2.75, 3.05) is 5.32 Å². The van der Waals surface area contributed by atoms with Gasteiger partial charge in [0.05, 0.1) is 4.92 Å². The summed E-state index contributed by atoms with van der Waals surface area (Å²) in [5.74, 6) is 0.625. The number of carbonyl (C=O) groups is 1. The van der Waals surface area contributed by atoms with Gasteiger partial charge in [0.25, 0.3) is 5.69 Å². The van der Waals surface area contributed by atoms with Crippen molar-refractivity contribution in [3.05, 3.63) is 52.7 Å². The third-order valence-electron chi connectivity index (χ3n) is 2.63. The van der Waals surface area contributed by atoms with Crippen molar-refractivity contribution in [3.8, 4) is 11.6 Å². The van der Waals surface area contributed by atoms with E-state index in [1.165, 1.54) is 12.1 Å². The van der Waals surface area contributed by atoms with Gasteiger partial charge in [-0.2, -0.15) is 0 Å². The lowest BCUT2D eigenvalue weighted by atomic mass is 10.2. The van der Waals surface area contributed by atoms with Crippen molar-refractivity contribution in [2.24, 2.45) is 0 Å². The third-order valence-corrected chi connectivity index (χ3v) is 2.63. The number of hydrogen-bond acceptors (Lipinski definition) is 6. The number of benzene rings is 1. The summed E-state index contributed by atoms with van der Waals surface area (Å²) in [7, 11) is 0. The molecule has 0 fully saturated rings. The topological polar surface area (TPSA) is 104 Å². The second-order valence-electron chi connectivity index (χ2n) is 5.87. The van der Waals surface area contributed by atoms with Gasteiger partial charge in [0.1, 0.15) is 17.5 Å². The van der Waals surface area contributed by atoms with Crippen LogP contribution in [0.15, 0.2) is 42.6 Å². The second-order valence-corrected chi connectivity index (χ2v) is 5.87. The Kier molecular flexibility index (Phi) is 4.98. The van der Waals surface area contributed by atoms with Crippen LogP contribution in [0.1, 0.15) is 20.8 Å². The van der Waals surface area contributed by atoms with E-state index in [2.05, 4.69) is 10.3 Å². The molecule has 0 radical (unpaired) electrons.